The van der Waals surface area contributed by atoms with Crippen molar-refractivity contribution in [2.45, 2.75) is 65.4 Å². The number of fused-ring (bicyclic) bond motifs is 1. The summed E-state index contributed by atoms with van der Waals surface area (Å²) in [6.45, 7) is 9.88. The fraction of sp³-hybridized carbons (Fsp3) is 0.684. The zero-order chi connectivity index (χ0) is 19.6. The molecule has 0 aromatic carbocycles. The van der Waals surface area contributed by atoms with Crippen molar-refractivity contribution >= 4 is 28.7 Å². The molecule has 2 aromatic heterocycles. The number of carbonyl (C=O) groups is 1. The highest BCUT2D eigenvalue weighted by molar-refractivity contribution is 6.33. The summed E-state index contributed by atoms with van der Waals surface area (Å²) in [5.41, 5.74) is 0.225. The highest BCUT2D eigenvalue weighted by Gasteiger charge is 2.60. The molecule has 2 fully saturated rings. The van der Waals surface area contributed by atoms with Crippen molar-refractivity contribution in [2.75, 3.05) is 0 Å². The minimum atomic E-state index is -0.588. The third-order valence-corrected chi connectivity index (χ3v) is 6.07. The smallest absolute Gasteiger partial charge is 0.311 e. The molecule has 3 atom stereocenters. The first-order valence-electron chi connectivity index (χ1n) is 9.34. The maximum atomic E-state index is 12.6. The first-order valence-corrected chi connectivity index (χ1v) is 9.72. The average Bonchev–Trinajstić information content (AvgIpc) is 3.09. The van der Waals surface area contributed by atoms with E-state index in [1.165, 1.54) is 6.33 Å². The summed E-state index contributed by atoms with van der Waals surface area (Å²) in [5, 5.41) is 0.292. The van der Waals surface area contributed by atoms with Gasteiger partial charge in [0.1, 0.15) is 11.8 Å². The summed E-state index contributed by atoms with van der Waals surface area (Å²) in [7, 11) is 0. The fourth-order valence-electron chi connectivity index (χ4n) is 4.23. The van der Waals surface area contributed by atoms with Crippen molar-refractivity contribution in [3.05, 3.63) is 17.8 Å². The molecule has 1 spiro atoms. The van der Waals surface area contributed by atoms with E-state index in [0.29, 0.717) is 22.2 Å². The van der Waals surface area contributed by atoms with Crippen molar-refractivity contribution < 1.29 is 14.3 Å². The summed E-state index contributed by atoms with van der Waals surface area (Å²) in [6, 6.07) is 0. The quantitative estimate of drug-likeness (QED) is 0.571. The Balaban J connectivity index is 1.73. The minimum Gasteiger partial charge on any atom is -0.457 e. The van der Waals surface area contributed by atoms with Crippen LogP contribution < -0.4 is 0 Å². The Morgan fingerprint density at radius 3 is 2.63 bits per heavy atom. The van der Waals surface area contributed by atoms with Gasteiger partial charge in [0.05, 0.1) is 17.3 Å². The molecule has 0 radical (unpaired) electrons. The Morgan fingerprint density at radius 2 is 2.00 bits per heavy atom. The monoisotopic (exact) mass is 392 g/mol. The predicted octanol–water partition coefficient (Wildman–Crippen LogP) is 3.77. The van der Waals surface area contributed by atoms with E-state index in [-0.39, 0.29) is 17.5 Å². The Hall–Kier alpha value is -1.73. The molecule has 146 valence electrons. The molecule has 0 bridgehead atoms. The lowest BCUT2D eigenvalue weighted by Crippen LogP contribution is -2.48. The molecule has 3 heterocycles. The lowest BCUT2D eigenvalue weighted by Gasteiger charge is -2.46. The van der Waals surface area contributed by atoms with E-state index >= 15 is 0 Å². The van der Waals surface area contributed by atoms with Crippen molar-refractivity contribution in [3.8, 4) is 0 Å². The maximum absolute atomic E-state index is 12.6. The van der Waals surface area contributed by atoms with Gasteiger partial charge in [-0.1, -0.05) is 25.4 Å². The third kappa shape index (κ3) is 2.91. The van der Waals surface area contributed by atoms with Gasteiger partial charge in [0, 0.05) is 5.92 Å². The number of esters is 1. The zero-order valence-corrected chi connectivity index (χ0v) is 17.0. The second-order valence-corrected chi connectivity index (χ2v) is 9.34. The predicted molar refractivity (Wildman–Crippen MR) is 100 cm³/mol. The Labute approximate surface area is 163 Å². The molecular weight excluding hydrogens is 368 g/mol. The molecule has 0 N–H and O–H groups in total. The van der Waals surface area contributed by atoms with Crippen LogP contribution in [0.15, 0.2) is 12.7 Å². The number of rotatable bonds is 2. The average molecular weight is 393 g/mol. The summed E-state index contributed by atoms with van der Waals surface area (Å²) in [4.78, 5) is 25.3. The maximum Gasteiger partial charge on any atom is 0.311 e. The second-order valence-electron chi connectivity index (χ2n) is 8.98. The van der Waals surface area contributed by atoms with E-state index in [1.54, 1.807) is 6.33 Å². The van der Waals surface area contributed by atoms with E-state index in [4.69, 9.17) is 21.1 Å². The van der Waals surface area contributed by atoms with E-state index in [1.807, 2.05) is 25.3 Å². The first kappa shape index (κ1) is 18.6. The number of ether oxygens (including phenoxy) is 2. The SMILES string of the molecule is CC1CC2(C1)O[C@@H](n1cnc3c(Cl)ncnc31)C(OC(=O)C(C)(C)C)[C@@H]2C. The van der Waals surface area contributed by atoms with Crippen LogP contribution in [0.2, 0.25) is 5.15 Å². The summed E-state index contributed by atoms with van der Waals surface area (Å²) in [6.07, 6.45) is 4.04. The normalized spacial score (nSPS) is 33.4. The van der Waals surface area contributed by atoms with Crippen molar-refractivity contribution in [1.29, 1.82) is 0 Å². The number of hydrogen-bond donors (Lipinski definition) is 0. The molecule has 27 heavy (non-hydrogen) atoms. The van der Waals surface area contributed by atoms with Crippen molar-refractivity contribution in [2.24, 2.45) is 17.3 Å². The van der Waals surface area contributed by atoms with Crippen LogP contribution in [0.4, 0.5) is 0 Å². The Bertz CT molecular complexity index is 885. The molecule has 1 aliphatic heterocycles. The zero-order valence-electron chi connectivity index (χ0n) is 16.3. The summed E-state index contributed by atoms with van der Waals surface area (Å²) >= 11 is 6.15. The highest BCUT2D eigenvalue weighted by Crippen LogP contribution is 2.56. The lowest BCUT2D eigenvalue weighted by atomic mass is 9.65. The van der Waals surface area contributed by atoms with Crippen LogP contribution in [0, 0.1) is 17.3 Å². The van der Waals surface area contributed by atoms with Crippen LogP contribution in [0.3, 0.4) is 0 Å². The van der Waals surface area contributed by atoms with Crippen molar-refractivity contribution in [3.63, 3.8) is 0 Å². The molecule has 2 aliphatic rings. The number of nitrogens with zero attached hydrogens (tertiary/aromatic N) is 4. The summed E-state index contributed by atoms with van der Waals surface area (Å²) in [5.74, 6) is 0.427. The van der Waals surface area contributed by atoms with Crippen LogP contribution in [-0.4, -0.2) is 37.2 Å². The van der Waals surface area contributed by atoms with E-state index < -0.39 is 17.7 Å². The van der Waals surface area contributed by atoms with E-state index in [2.05, 4.69) is 28.8 Å². The van der Waals surface area contributed by atoms with Crippen LogP contribution in [0.25, 0.3) is 11.2 Å². The second kappa shape index (κ2) is 6.14. The standard InChI is InChI=1S/C19H25ClN4O3/c1-10-6-19(7-10)11(2)13(26-17(25)18(3,4)5)16(27-19)24-9-23-12-14(20)21-8-22-15(12)24/h8-11,13,16H,6-7H2,1-5H3/t10?,11-,13?,16+,19?/m0/s1. The van der Waals surface area contributed by atoms with Crippen LogP contribution >= 0.6 is 11.6 Å². The molecule has 4 rings (SSSR count). The van der Waals surface area contributed by atoms with Gasteiger partial charge < -0.3 is 9.47 Å². The topological polar surface area (TPSA) is 79.1 Å². The van der Waals surface area contributed by atoms with Crippen LogP contribution in [-0.2, 0) is 14.3 Å². The minimum absolute atomic E-state index is 0.0692. The van der Waals surface area contributed by atoms with E-state index in [9.17, 15) is 4.79 Å². The molecule has 1 unspecified atom stereocenters. The molecule has 0 amide bonds. The number of hydrogen-bond acceptors (Lipinski definition) is 6. The van der Waals surface area contributed by atoms with Gasteiger partial charge in [0.25, 0.3) is 0 Å². The van der Waals surface area contributed by atoms with Gasteiger partial charge in [-0.3, -0.25) is 9.36 Å². The molecule has 7 nitrogen and oxygen atoms in total. The van der Waals surface area contributed by atoms with Gasteiger partial charge >= 0.3 is 5.97 Å². The molecular formula is C19H25ClN4O3. The van der Waals surface area contributed by atoms with Gasteiger partial charge in [-0.2, -0.15) is 0 Å². The number of aromatic nitrogens is 4. The number of halogens is 1. The van der Waals surface area contributed by atoms with Crippen LogP contribution in [0.1, 0.15) is 53.7 Å². The molecule has 1 aliphatic carbocycles. The number of carbonyl (C=O) groups excluding carboxylic acids is 1. The summed E-state index contributed by atoms with van der Waals surface area (Å²) < 4.78 is 14.3. The van der Waals surface area contributed by atoms with E-state index in [0.717, 1.165) is 12.8 Å². The molecule has 2 aromatic rings. The van der Waals surface area contributed by atoms with Gasteiger partial charge in [0.2, 0.25) is 0 Å². The van der Waals surface area contributed by atoms with Crippen LogP contribution in [0.5, 0.6) is 0 Å². The van der Waals surface area contributed by atoms with Gasteiger partial charge in [-0.05, 0) is 39.5 Å². The Morgan fingerprint density at radius 1 is 1.30 bits per heavy atom. The van der Waals surface area contributed by atoms with Gasteiger partial charge in [-0.15, -0.1) is 0 Å². The lowest BCUT2D eigenvalue weighted by molar-refractivity contribution is -0.169. The Kier molecular flexibility index (Phi) is 4.23. The number of imidazole rings is 1. The molecule has 1 saturated heterocycles. The van der Waals surface area contributed by atoms with Gasteiger partial charge in [0.15, 0.2) is 23.1 Å². The van der Waals surface area contributed by atoms with Crippen molar-refractivity contribution in [1.82, 2.24) is 19.5 Å². The third-order valence-electron chi connectivity index (χ3n) is 5.79. The first-order chi connectivity index (χ1) is 12.6. The molecule has 8 heteroatoms. The molecule has 1 saturated carbocycles. The highest BCUT2D eigenvalue weighted by atomic mass is 35.5. The fourth-order valence-corrected chi connectivity index (χ4v) is 4.41. The van der Waals surface area contributed by atoms with Gasteiger partial charge in [-0.25, -0.2) is 15.0 Å². The largest absolute Gasteiger partial charge is 0.457 e.